The number of aliphatic hydroxyl groups excluding tert-OH is 1. The van der Waals surface area contributed by atoms with Crippen LogP contribution in [0, 0.1) is 0 Å². The van der Waals surface area contributed by atoms with Crippen LogP contribution >= 0.6 is 0 Å². The first-order valence-corrected chi connectivity index (χ1v) is 5.74. The van der Waals surface area contributed by atoms with Crippen molar-refractivity contribution in [3.05, 3.63) is 48.3 Å². The first kappa shape index (κ1) is 12.3. The minimum absolute atomic E-state index is 0.219. The number of benzene rings is 1. The number of hydrogen-bond donors (Lipinski definition) is 2. The predicted molar refractivity (Wildman–Crippen MR) is 67.6 cm³/mol. The number of aromatic nitrogens is 2. The van der Waals surface area contributed by atoms with E-state index in [2.05, 4.69) is 10.4 Å². The molecule has 2 rings (SSSR count). The second-order valence-electron chi connectivity index (χ2n) is 4.04. The van der Waals surface area contributed by atoms with Crippen molar-refractivity contribution in [2.24, 2.45) is 0 Å². The van der Waals surface area contributed by atoms with Gasteiger partial charge in [0, 0.05) is 12.7 Å². The minimum Gasteiger partial charge on any atom is -0.392 e. The first-order chi connectivity index (χ1) is 8.66. The van der Waals surface area contributed by atoms with E-state index in [1.165, 1.54) is 0 Å². The number of aliphatic hydroxyl groups is 1. The number of nitrogens with zero attached hydrogens (tertiary/aromatic N) is 2. The maximum absolute atomic E-state index is 11.7. The molecule has 0 aliphatic rings. The van der Waals surface area contributed by atoms with Crippen LogP contribution in [0.3, 0.4) is 0 Å². The molecule has 2 N–H and O–H groups in total. The molecule has 0 fully saturated rings. The van der Waals surface area contributed by atoms with Crippen LogP contribution in [0.25, 0.3) is 5.69 Å². The Morgan fingerprint density at radius 1 is 1.39 bits per heavy atom. The Balaban J connectivity index is 2.09. The minimum atomic E-state index is -0.565. The van der Waals surface area contributed by atoms with Crippen LogP contribution in [-0.4, -0.2) is 33.4 Å². The van der Waals surface area contributed by atoms with E-state index >= 15 is 0 Å². The molecular weight excluding hydrogens is 230 g/mol. The molecule has 0 saturated heterocycles. The molecule has 0 bridgehead atoms. The fourth-order valence-electron chi connectivity index (χ4n) is 1.50. The second kappa shape index (κ2) is 5.46. The van der Waals surface area contributed by atoms with Gasteiger partial charge in [0.25, 0.3) is 5.91 Å². The fraction of sp³-hybridized carbons (Fsp3) is 0.231. The van der Waals surface area contributed by atoms with Crippen molar-refractivity contribution >= 4 is 5.91 Å². The molecule has 94 valence electrons. The number of rotatable bonds is 4. The van der Waals surface area contributed by atoms with Crippen LogP contribution in [0.1, 0.15) is 17.4 Å². The average Bonchev–Trinajstić information content (AvgIpc) is 2.86. The summed E-state index contributed by atoms with van der Waals surface area (Å²) in [5.41, 5.74) is 1.23. The average molecular weight is 245 g/mol. The normalized spacial score (nSPS) is 12.1. The summed E-state index contributed by atoms with van der Waals surface area (Å²) in [5.74, 6) is -0.286. The monoisotopic (exact) mass is 245 g/mol. The molecule has 2 aromatic rings. The third kappa shape index (κ3) is 2.95. The molecule has 18 heavy (non-hydrogen) atoms. The van der Waals surface area contributed by atoms with Gasteiger partial charge in [0.2, 0.25) is 0 Å². The van der Waals surface area contributed by atoms with Crippen molar-refractivity contribution in [1.82, 2.24) is 15.1 Å². The lowest BCUT2D eigenvalue weighted by atomic mass is 10.3. The van der Waals surface area contributed by atoms with Gasteiger partial charge in [0.05, 0.1) is 11.8 Å². The first-order valence-electron chi connectivity index (χ1n) is 5.74. The number of hydrogen-bond acceptors (Lipinski definition) is 3. The number of carbonyl (C=O) groups excluding carboxylic acids is 1. The molecule has 1 heterocycles. The smallest absolute Gasteiger partial charge is 0.271 e. The Kier molecular flexibility index (Phi) is 3.74. The van der Waals surface area contributed by atoms with E-state index in [4.69, 9.17) is 5.11 Å². The van der Waals surface area contributed by atoms with E-state index in [1.807, 2.05) is 30.3 Å². The van der Waals surface area contributed by atoms with Gasteiger partial charge in [0.15, 0.2) is 5.69 Å². The summed E-state index contributed by atoms with van der Waals surface area (Å²) in [5, 5.41) is 15.9. The van der Waals surface area contributed by atoms with Crippen LogP contribution in [0.15, 0.2) is 42.6 Å². The van der Waals surface area contributed by atoms with Gasteiger partial charge in [-0.25, -0.2) is 4.68 Å². The molecule has 1 unspecified atom stereocenters. The lowest BCUT2D eigenvalue weighted by Gasteiger charge is -2.05. The molecule has 0 saturated carbocycles. The summed E-state index contributed by atoms with van der Waals surface area (Å²) in [7, 11) is 0. The maximum atomic E-state index is 11.7. The highest BCUT2D eigenvalue weighted by molar-refractivity contribution is 5.92. The molecule has 1 atom stereocenters. The van der Waals surface area contributed by atoms with E-state index in [9.17, 15) is 4.79 Å². The molecule has 5 heteroatoms. The summed E-state index contributed by atoms with van der Waals surface area (Å²) in [6.45, 7) is 1.83. The lowest BCUT2D eigenvalue weighted by Crippen LogP contribution is -2.30. The zero-order chi connectivity index (χ0) is 13.0. The highest BCUT2D eigenvalue weighted by atomic mass is 16.3. The van der Waals surface area contributed by atoms with E-state index < -0.39 is 6.10 Å². The maximum Gasteiger partial charge on any atom is 0.271 e. The molecule has 1 amide bonds. The summed E-state index contributed by atoms with van der Waals surface area (Å²) in [6.07, 6.45) is 1.16. The summed E-state index contributed by atoms with van der Waals surface area (Å²) < 4.78 is 1.64. The quantitative estimate of drug-likeness (QED) is 0.844. The zero-order valence-electron chi connectivity index (χ0n) is 10.1. The summed E-state index contributed by atoms with van der Waals surface area (Å²) in [4.78, 5) is 11.7. The van der Waals surface area contributed by atoms with Gasteiger partial charge in [-0.3, -0.25) is 4.79 Å². The molecule has 1 aromatic heterocycles. The number of amides is 1. The van der Waals surface area contributed by atoms with Gasteiger partial charge in [-0.2, -0.15) is 5.10 Å². The fourth-order valence-corrected chi connectivity index (χ4v) is 1.50. The number of nitrogens with one attached hydrogen (secondary N) is 1. The van der Waals surface area contributed by atoms with Crippen molar-refractivity contribution in [3.63, 3.8) is 0 Å². The van der Waals surface area contributed by atoms with E-state index in [0.29, 0.717) is 5.69 Å². The third-order valence-electron chi connectivity index (χ3n) is 2.40. The molecule has 0 aliphatic heterocycles. The van der Waals surface area contributed by atoms with Gasteiger partial charge in [-0.15, -0.1) is 0 Å². The molecule has 0 radical (unpaired) electrons. The van der Waals surface area contributed by atoms with Crippen molar-refractivity contribution in [2.75, 3.05) is 6.54 Å². The molecule has 0 spiro atoms. The van der Waals surface area contributed by atoms with Crippen LogP contribution in [0.2, 0.25) is 0 Å². The molecule has 5 nitrogen and oxygen atoms in total. The number of carbonyl (C=O) groups is 1. The number of para-hydroxylation sites is 1. The lowest BCUT2D eigenvalue weighted by molar-refractivity contribution is 0.0918. The van der Waals surface area contributed by atoms with Crippen molar-refractivity contribution in [2.45, 2.75) is 13.0 Å². The molecular formula is C13H15N3O2. The molecule has 1 aromatic carbocycles. The van der Waals surface area contributed by atoms with Crippen LogP contribution in [0.4, 0.5) is 0 Å². The Bertz CT molecular complexity index is 520. The highest BCUT2D eigenvalue weighted by Gasteiger charge is 2.10. The van der Waals surface area contributed by atoms with Crippen molar-refractivity contribution in [3.8, 4) is 5.69 Å². The van der Waals surface area contributed by atoms with Gasteiger partial charge in [0.1, 0.15) is 0 Å². The van der Waals surface area contributed by atoms with Gasteiger partial charge >= 0.3 is 0 Å². The Morgan fingerprint density at radius 2 is 2.11 bits per heavy atom. The largest absolute Gasteiger partial charge is 0.392 e. The van der Waals surface area contributed by atoms with Gasteiger partial charge in [-0.05, 0) is 25.1 Å². The van der Waals surface area contributed by atoms with Gasteiger partial charge < -0.3 is 10.4 Å². The van der Waals surface area contributed by atoms with Gasteiger partial charge in [-0.1, -0.05) is 18.2 Å². The van der Waals surface area contributed by atoms with E-state index in [-0.39, 0.29) is 12.5 Å². The second-order valence-corrected chi connectivity index (χ2v) is 4.04. The summed E-state index contributed by atoms with van der Waals surface area (Å²) >= 11 is 0. The Labute approximate surface area is 105 Å². The Hall–Kier alpha value is -2.14. The SMILES string of the molecule is CC(O)CNC(=O)c1ccn(-c2ccccc2)n1. The summed E-state index contributed by atoms with van der Waals surface area (Å²) in [6, 6.07) is 11.2. The van der Waals surface area contributed by atoms with Crippen LogP contribution in [0.5, 0.6) is 0 Å². The Morgan fingerprint density at radius 3 is 2.78 bits per heavy atom. The standard InChI is InChI=1S/C13H15N3O2/c1-10(17)9-14-13(18)12-7-8-16(15-12)11-5-3-2-4-6-11/h2-8,10,17H,9H2,1H3,(H,14,18). The van der Waals surface area contributed by atoms with E-state index in [0.717, 1.165) is 5.69 Å². The van der Waals surface area contributed by atoms with Crippen molar-refractivity contribution in [1.29, 1.82) is 0 Å². The van der Waals surface area contributed by atoms with Crippen LogP contribution in [-0.2, 0) is 0 Å². The molecule has 0 aliphatic carbocycles. The zero-order valence-corrected chi connectivity index (χ0v) is 10.1. The third-order valence-corrected chi connectivity index (χ3v) is 2.40. The predicted octanol–water partition coefficient (Wildman–Crippen LogP) is 0.983. The topological polar surface area (TPSA) is 67.2 Å². The highest BCUT2D eigenvalue weighted by Crippen LogP contribution is 2.06. The van der Waals surface area contributed by atoms with E-state index in [1.54, 1.807) is 23.9 Å². The van der Waals surface area contributed by atoms with Crippen LogP contribution < -0.4 is 5.32 Å². The van der Waals surface area contributed by atoms with Crippen molar-refractivity contribution < 1.29 is 9.90 Å².